The van der Waals surface area contributed by atoms with Crippen molar-refractivity contribution in [3.05, 3.63) is 53.6 Å². The molecule has 0 saturated carbocycles. The maximum atomic E-state index is 13.0. The largest absolute Gasteiger partial charge is 0.416 e. The lowest BCUT2D eigenvalue weighted by atomic mass is 10.1. The summed E-state index contributed by atoms with van der Waals surface area (Å²) >= 11 is 0. The molecule has 35 heavy (non-hydrogen) atoms. The van der Waals surface area contributed by atoms with Crippen molar-refractivity contribution in [1.82, 2.24) is 0 Å². The predicted octanol–water partition coefficient (Wildman–Crippen LogP) is 7.11. The number of hydrogen-bond donors (Lipinski definition) is 2. The van der Waals surface area contributed by atoms with E-state index in [9.17, 15) is 26.7 Å². The fraction of sp³-hybridized carbons (Fsp3) is 0.500. The van der Waals surface area contributed by atoms with Crippen LogP contribution in [-0.4, -0.2) is 31.8 Å². The Kier molecular flexibility index (Phi) is 9.74. The quantitative estimate of drug-likeness (QED) is 0.257. The third-order valence-electron chi connectivity index (χ3n) is 6.09. The average molecular weight is 498 g/mol. The van der Waals surface area contributed by atoms with Crippen LogP contribution in [0.4, 0.5) is 39.0 Å². The maximum absolute atomic E-state index is 13.0. The van der Waals surface area contributed by atoms with E-state index in [0.717, 1.165) is 61.4 Å². The van der Waals surface area contributed by atoms with Gasteiger partial charge in [0.1, 0.15) is 12.8 Å². The fourth-order valence-electron chi connectivity index (χ4n) is 4.10. The minimum atomic E-state index is -4.36. The number of halogens is 5. The lowest BCUT2D eigenvalue weighted by Gasteiger charge is -2.31. The fourth-order valence-corrected chi connectivity index (χ4v) is 4.10. The Labute approximate surface area is 202 Å². The molecule has 0 unspecified atom stereocenters. The van der Waals surface area contributed by atoms with Gasteiger partial charge in [-0.05, 0) is 74.4 Å². The van der Waals surface area contributed by atoms with Crippen LogP contribution in [0, 0.1) is 0 Å². The highest BCUT2D eigenvalue weighted by atomic mass is 19.4. The first kappa shape index (κ1) is 26.8. The molecule has 192 valence electrons. The van der Waals surface area contributed by atoms with Gasteiger partial charge >= 0.3 is 6.18 Å². The highest BCUT2D eigenvalue weighted by Gasteiger charge is 2.29. The monoisotopic (exact) mass is 497 g/mol. The second-order valence-corrected chi connectivity index (χ2v) is 8.87. The van der Waals surface area contributed by atoms with Crippen molar-refractivity contribution in [2.45, 2.75) is 63.8 Å². The zero-order valence-corrected chi connectivity index (χ0v) is 19.6. The number of benzene rings is 2. The molecule has 1 fully saturated rings. The highest BCUT2D eigenvalue weighted by Crippen LogP contribution is 2.33. The smallest absolute Gasteiger partial charge is 0.381 e. The number of carbonyl (C=O) groups excluding carboxylic acids is 1. The number of piperidine rings is 1. The topological polar surface area (TPSA) is 44.4 Å². The second kappa shape index (κ2) is 12.7. The van der Waals surface area contributed by atoms with E-state index in [1.165, 1.54) is 12.1 Å². The Morgan fingerprint density at radius 1 is 1.00 bits per heavy atom. The van der Waals surface area contributed by atoms with Crippen molar-refractivity contribution in [3.63, 3.8) is 0 Å². The lowest BCUT2D eigenvalue weighted by Crippen LogP contribution is -2.30. The van der Waals surface area contributed by atoms with Crippen molar-refractivity contribution in [1.29, 1.82) is 0 Å². The van der Waals surface area contributed by atoms with Gasteiger partial charge in [-0.1, -0.05) is 12.1 Å². The SMILES string of the molecule is O=C(CCCC[C@@H](F)CF)Nc1ccc(NCc2ccc(C(F)(F)F)cc2)cc1N1CCCCC1. The van der Waals surface area contributed by atoms with E-state index >= 15 is 0 Å². The van der Waals surface area contributed by atoms with Crippen molar-refractivity contribution >= 4 is 23.0 Å². The van der Waals surface area contributed by atoms with Gasteiger partial charge in [0.25, 0.3) is 0 Å². The molecule has 3 rings (SSSR count). The number of hydrogen-bond acceptors (Lipinski definition) is 3. The third kappa shape index (κ3) is 8.40. The summed E-state index contributed by atoms with van der Waals surface area (Å²) in [4.78, 5) is 14.7. The molecule has 1 heterocycles. The zero-order valence-electron chi connectivity index (χ0n) is 19.6. The van der Waals surface area contributed by atoms with E-state index in [-0.39, 0.29) is 18.7 Å². The summed E-state index contributed by atoms with van der Waals surface area (Å²) in [6.07, 6.45) is -1.30. The van der Waals surface area contributed by atoms with E-state index in [4.69, 9.17) is 0 Å². The summed E-state index contributed by atoms with van der Waals surface area (Å²) in [5.74, 6) is -0.177. The summed E-state index contributed by atoms with van der Waals surface area (Å²) in [6, 6.07) is 10.6. The molecule has 0 aromatic heterocycles. The number of unbranched alkanes of at least 4 members (excludes halogenated alkanes) is 1. The van der Waals surface area contributed by atoms with Crippen LogP contribution < -0.4 is 15.5 Å². The Morgan fingerprint density at radius 3 is 2.37 bits per heavy atom. The lowest BCUT2D eigenvalue weighted by molar-refractivity contribution is -0.137. The maximum Gasteiger partial charge on any atom is 0.416 e. The molecule has 2 aromatic carbocycles. The van der Waals surface area contributed by atoms with Gasteiger partial charge in [-0.3, -0.25) is 4.79 Å². The molecular weight excluding hydrogens is 465 g/mol. The number of amides is 1. The second-order valence-electron chi connectivity index (χ2n) is 8.87. The summed E-state index contributed by atoms with van der Waals surface area (Å²) < 4.78 is 63.5. The Bertz CT molecular complexity index is 943. The number of nitrogens with zero attached hydrogens (tertiary/aromatic N) is 1. The Balaban J connectivity index is 1.64. The van der Waals surface area contributed by atoms with Gasteiger partial charge in [0.05, 0.1) is 16.9 Å². The van der Waals surface area contributed by atoms with Gasteiger partial charge < -0.3 is 15.5 Å². The van der Waals surface area contributed by atoms with Crippen LogP contribution in [0.2, 0.25) is 0 Å². The van der Waals surface area contributed by atoms with Gasteiger partial charge in [0, 0.05) is 31.7 Å². The Hall–Kier alpha value is -2.84. The van der Waals surface area contributed by atoms with Crippen LogP contribution in [0.25, 0.3) is 0 Å². The van der Waals surface area contributed by atoms with E-state index in [2.05, 4.69) is 15.5 Å². The minimum Gasteiger partial charge on any atom is -0.381 e. The zero-order chi connectivity index (χ0) is 25.3. The molecule has 2 aromatic rings. The van der Waals surface area contributed by atoms with Gasteiger partial charge in [-0.2, -0.15) is 13.2 Å². The molecule has 9 heteroatoms. The molecule has 0 bridgehead atoms. The van der Waals surface area contributed by atoms with E-state index in [1.807, 2.05) is 18.2 Å². The molecule has 1 saturated heterocycles. The number of carbonyl (C=O) groups is 1. The highest BCUT2D eigenvalue weighted by molar-refractivity contribution is 5.95. The van der Waals surface area contributed by atoms with Crippen LogP contribution in [0.15, 0.2) is 42.5 Å². The van der Waals surface area contributed by atoms with E-state index in [1.54, 1.807) is 0 Å². The number of alkyl halides is 5. The predicted molar refractivity (Wildman–Crippen MR) is 129 cm³/mol. The summed E-state index contributed by atoms with van der Waals surface area (Å²) in [5.41, 5.74) is 2.41. The number of nitrogens with one attached hydrogen (secondary N) is 2. The van der Waals surface area contributed by atoms with Crippen LogP contribution in [0.1, 0.15) is 56.1 Å². The minimum absolute atomic E-state index is 0.113. The molecule has 1 amide bonds. The van der Waals surface area contributed by atoms with Crippen molar-refractivity contribution in [3.8, 4) is 0 Å². The van der Waals surface area contributed by atoms with Crippen LogP contribution >= 0.6 is 0 Å². The molecule has 0 spiro atoms. The van der Waals surface area contributed by atoms with Crippen molar-refractivity contribution < 1.29 is 26.7 Å². The summed E-state index contributed by atoms with van der Waals surface area (Å²) in [6.45, 7) is 1.10. The first-order valence-electron chi connectivity index (χ1n) is 12.0. The standard InChI is InChI=1S/C26H32F5N3O/c27-17-21(28)6-2-3-7-25(35)33-23-13-12-22(16-24(23)34-14-4-1-5-15-34)32-18-19-8-10-20(11-9-19)26(29,30)31/h8-13,16,21,32H,1-7,14-15,17-18H2,(H,33,35)/t21-/m1/s1. The summed E-state index contributed by atoms with van der Waals surface area (Å²) in [5, 5.41) is 6.20. The first-order chi connectivity index (χ1) is 16.8. The molecule has 1 aliphatic heterocycles. The van der Waals surface area contributed by atoms with Crippen molar-refractivity contribution in [2.75, 3.05) is 35.3 Å². The Morgan fingerprint density at radius 2 is 1.71 bits per heavy atom. The van der Waals surface area contributed by atoms with E-state index < -0.39 is 24.6 Å². The molecule has 4 nitrogen and oxygen atoms in total. The summed E-state index contributed by atoms with van der Waals surface area (Å²) in [7, 11) is 0. The molecule has 2 N–H and O–H groups in total. The number of anilines is 3. The van der Waals surface area contributed by atoms with E-state index in [0.29, 0.717) is 25.1 Å². The van der Waals surface area contributed by atoms with Gasteiger partial charge in [-0.15, -0.1) is 0 Å². The van der Waals surface area contributed by atoms with Crippen LogP contribution in [0.5, 0.6) is 0 Å². The van der Waals surface area contributed by atoms with Crippen molar-refractivity contribution in [2.24, 2.45) is 0 Å². The third-order valence-corrected chi connectivity index (χ3v) is 6.09. The first-order valence-corrected chi connectivity index (χ1v) is 12.0. The average Bonchev–Trinajstić information content (AvgIpc) is 2.86. The molecule has 0 radical (unpaired) electrons. The molecule has 0 aliphatic carbocycles. The number of rotatable bonds is 11. The normalized spacial score (nSPS) is 15.1. The molecular formula is C26H32F5N3O. The van der Waals surface area contributed by atoms with Gasteiger partial charge in [0.15, 0.2) is 0 Å². The van der Waals surface area contributed by atoms with Gasteiger partial charge in [-0.25, -0.2) is 8.78 Å². The molecule has 1 aliphatic rings. The molecule has 1 atom stereocenters. The van der Waals surface area contributed by atoms with Crippen LogP contribution in [-0.2, 0) is 17.5 Å². The van der Waals surface area contributed by atoms with Gasteiger partial charge in [0.2, 0.25) is 5.91 Å². The van der Waals surface area contributed by atoms with Crippen LogP contribution in [0.3, 0.4) is 0 Å².